The molecule has 1 saturated heterocycles. The zero-order valence-electron chi connectivity index (χ0n) is 11.9. The van der Waals surface area contributed by atoms with Crippen molar-refractivity contribution in [1.82, 2.24) is 10.6 Å². The van der Waals surface area contributed by atoms with Crippen molar-refractivity contribution in [2.24, 2.45) is 5.92 Å². The molecule has 110 valence electrons. The lowest BCUT2D eigenvalue weighted by molar-refractivity contribution is -0.140. The van der Waals surface area contributed by atoms with Gasteiger partial charge in [-0.2, -0.15) is 0 Å². The predicted molar refractivity (Wildman–Crippen MR) is 71.0 cm³/mol. The molecule has 0 bridgehead atoms. The lowest BCUT2D eigenvalue weighted by Crippen LogP contribution is -2.51. The zero-order chi connectivity index (χ0) is 14.5. The first kappa shape index (κ1) is 15.8. The van der Waals surface area contributed by atoms with E-state index in [4.69, 9.17) is 9.84 Å². The molecule has 0 aromatic carbocycles. The van der Waals surface area contributed by atoms with Crippen LogP contribution in [-0.2, 0) is 9.53 Å². The molecule has 19 heavy (non-hydrogen) atoms. The van der Waals surface area contributed by atoms with Crippen molar-refractivity contribution in [3.8, 4) is 0 Å². The molecule has 0 aromatic heterocycles. The number of amides is 2. The monoisotopic (exact) mass is 272 g/mol. The first-order valence-electron chi connectivity index (χ1n) is 6.79. The molecule has 1 aliphatic heterocycles. The molecule has 2 amide bonds. The summed E-state index contributed by atoms with van der Waals surface area (Å²) >= 11 is 0. The van der Waals surface area contributed by atoms with Crippen LogP contribution in [0.15, 0.2) is 0 Å². The first-order chi connectivity index (χ1) is 8.88. The van der Waals surface area contributed by atoms with Crippen LogP contribution in [0.1, 0.15) is 40.0 Å². The molecule has 2 unspecified atom stereocenters. The number of carbonyl (C=O) groups is 2. The van der Waals surface area contributed by atoms with Crippen molar-refractivity contribution in [1.29, 1.82) is 0 Å². The smallest absolute Gasteiger partial charge is 0.326 e. The average molecular weight is 272 g/mol. The van der Waals surface area contributed by atoms with Crippen LogP contribution in [0.2, 0.25) is 0 Å². The summed E-state index contributed by atoms with van der Waals surface area (Å²) in [6.07, 6.45) is 2.59. The van der Waals surface area contributed by atoms with Crippen LogP contribution in [0.3, 0.4) is 0 Å². The lowest BCUT2D eigenvalue weighted by atomic mass is 9.99. The van der Waals surface area contributed by atoms with Crippen LogP contribution < -0.4 is 10.6 Å². The Hall–Kier alpha value is -1.30. The number of carbonyl (C=O) groups excluding carboxylic acids is 1. The van der Waals surface area contributed by atoms with E-state index in [1.165, 1.54) is 0 Å². The van der Waals surface area contributed by atoms with E-state index in [1.54, 1.807) is 6.92 Å². The van der Waals surface area contributed by atoms with Crippen molar-refractivity contribution in [2.75, 3.05) is 13.2 Å². The third-order valence-corrected chi connectivity index (χ3v) is 3.69. The molecule has 1 fully saturated rings. The Morgan fingerprint density at radius 2 is 2.16 bits per heavy atom. The Balaban J connectivity index is 2.42. The number of hydrogen-bond donors (Lipinski definition) is 3. The molecule has 0 aliphatic carbocycles. The minimum Gasteiger partial charge on any atom is -0.480 e. The normalized spacial score (nSPS) is 25.6. The van der Waals surface area contributed by atoms with Gasteiger partial charge in [0.2, 0.25) is 0 Å². The maximum Gasteiger partial charge on any atom is 0.326 e. The second kappa shape index (κ2) is 6.75. The number of carboxylic acids is 1. The van der Waals surface area contributed by atoms with E-state index in [0.717, 1.165) is 12.8 Å². The summed E-state index contributed by atoms with van der Waals surface area (Å²) in [5, 5.41) is 14.3. The molecule has 1 rings (SSSR count). The number of carboxylic acid groups (broad SMARTS) is 1. The number of rotatable bonds is 6. The van der Waals surface area contributed by atoms with E-state index in [0.29, 0.717) is 19.6 Å². The van der Waals surface area contributed by atoms with Crippen molar-refractivity contribution >= 4 is 12.0 Å². The van der Waals surface area contributed by atoms with Gasteiger partial charge in [0.25, 0.3) is 0 Å². The highest BCUT2D eigenvalue weighted by molar-refractivity contribution is 5.82. The van der Waals surface area contributed by atoms with Crippen molar-refractivity contribution in [2.45, 2.75) is 51.7 Å². The largest absolute Gasteiger partial charge is 0.480 e. The molecule has 0 saturated carbocycles. The summed E-state index contributed by atoms with van der Waals surface area (Å²) in [6.45, 7) is 6.76. The molecule has 0 spiro atoms. The van der Waals surface area contributed by atoms with Crippen LogP contribution in [0.4, 0.5) is 4.79 Å². The Labute approximate surface area is 113 Å². The minimum absolute atomic E-state index is 0.110. The molecular weight excluding hydrogens is 248 g/mol. The summed E-state index contributed by atoms with van der Waals surface area (Å²) in [4.78, 5) is 22.8. The van der Waals surface area contributed by atoms with E-state index in [9.17, 15) is 9.59 Å². The summed E-state index contributed by atoms with van der Waals surface area (Å²) in [7, 11) is 0. The second-order valence-corrected chi connectivity index (χ2v) is 5.43. The van der Waals surface area contributed by atoms with Crippen LogP contribution in [0.5, 0.6) is 0 Å². The maximum atomic E-state index is 11.7. The third-order valence-electron chi connectivity index (χ3n) is 3.69. The van der Waals surface area contributed by atoms with Gasteiger partial charge in [0.1, 0.15) is 6.04 Å². The Bertz CT molecular complexity index is 327. The van der Waals surface area contributed by atoms with Crippen molar-refractivity contribution in [3.63, 3.8) is 0 Å². The molecule has 0 aromatic rings. The summed E-state index contributed by atoms with van der Waals surface area (Å²) in [6, 6.07) is -1.31. The highest BCUT2D eigenvalue weighted by Gasteiger charge is 2.31. The van der Waals surface area contributed by atoms with E-state index in [1.807, 2.05) is 13.8 Å². The Morgan fingerprint density at radius 3 is 2.63 bits per heavy atom. The Morgan fingerprint density at radius 1 is 1.47 bits per heavy atom. The number of hydrogen-bond acceptors (Lipinski definition) is 3. The van der Waals surface area contributed by atoms with E-state index in [2.05, 4.69) is 10.6 Å². The van der Waals surface area contributed by atoms with Crippen LogP contribution >= 0.6 is 0 Å². The summed E-state index contributed by atoms with van der Waals surface area (Å²) in [5.41, 5.74) is -0.327. The van der Waals surface area contributed by atoms with Gasteiger partial charge in [-0.1, -0.05) is 20.3 Å². The first-order valence-corrected chi connectivity index (χ1v) is 6.79. The van der Waals surface area contributed by atoms with E-state index in [-0.39, 0.29) is 11.5 Å². The van der Waals surface area contributed by atoms with E-state index >= 15 is 0 Å². The topological polar surface area (TPSA) is 87.7 Å². The van der Waals surface area contributed by atoms with Gasteiger partial charge in [-0.05, 0) is 25.7 Å². The summed E-state index contributed by atoms with van der Waals surface area (Å²) in [5.74, 6) is -1.12. The quantitative estimate of drug-likeness (QED) is 0.681. The van der Waals surface area contributed by atoms with Gasteiger partial charge in [-0.15, -0.1) is 0 Å². The van der Waals surface area contributed by atoms with Gasteiger partial charge in [-0.25, -0.2) is 9.59 Å². The molecule has 3 N–H and O–H groups in total. The van der Waals surface area contributed by atoms with Gasteiger partial charge < -0.3 is 20.5 Å². The van der Waals surface area contributed by atoms with Gasteiger partial charge >= 0.3 is 12.0 Å². The number of ether oxygens (including phenoxy) is 1. The van der Waals surface area contributed by atoms with Crippen LogP contribution in [0, 0.1) is 5.92 Å². The fraction of sp³-hybridized carbons (Fsp3) is 0.846. The van der Waals surface area contributed by atoms with Gasteiger partial charge in [0.05, 0.1) is 5.60 Å². The van der Waals surface area contributed by atoms with Crippen LogP contribution in [0.25, 0.3) is 0 Å². The SMILES string of the molecule is CCC(C)[C@H](NC(=O)NCC1(C)CCCO1)C(=O)O. The molecular formula is C13H24N2O4. The molecule has 1 heterocycles. The standard InChI is InChI=1S/C13H24N2O4/c1-4-9(2)10(11(16)17)15-12(18)14-8-13(3)6-5-7-19-13/h9-10H,4-8H2,1-3H3,(H,16,17)(H2,14,15,18)/t9?,10-,13?/m0/s1. The van der Waals surface area contributed by atoms with Gasteiger partial charge in [0.15, 0.2) is 0 Å². The van der Waals surface area contributed by atoms with E-state index < -0.39 is 18.0 Å². The summed E-state index contributed by atoms with van der Waals surface area (Å²) < 4.78 is 5.55. The fourth-order valence-corrected chi connectivity index (χ4v) is 2.12. The minimum atomic E-state index is -1.01. The highest BCUT2D eigenvalue weighted by Crippen LogP contribution is 2.23. The number of aliphatic carboxylic acids is 1. The maximum absolute atomic E-state index is 11.7. The van der Waals surface area contributed by atoms with Crippen molar-refractivity contribution < 1.29 is 19.4 Å². The lowest BCUT2D eigenvalue weighted by Gasteiger charge is -2.25. The Kier molecular flexibility index (Phi) is 5.60. The predicted octanol–water partition coefficient (Wildman–Crippen LogP) is 1.35. The van der Waals surface area contributed by atoms with Crippen LogP contribution in [-0.4, -0.2) is 41.9 Å². The van der Waals surface area contributed by atoms with Crippen molar-refractivity contribution in [3.05, 3.63) is 0 Å². The second-order valence-electron chi connectivity index (χ2n) is 5.43. The fourth-order valence-electron chi connectivity index (χ4n) is 2.12. The number of nitrogens with one attached hydrogen (secondary N) is 2. The molecule has 6 nitrogen and oxygen atoms in total. The molecule has 1 aliphatic rings. The zero-order valence-corrected chi connectivity index (χ0v) is 11.9. The average Bonchev–Trinajstić information content (AvgIpc) is 2.80. The highest BCUT2D eigenvalue weighted by atomic mass is 16.5. The molecule has 6 heteroatoms. The van der Waals surface area contributed by atoms with Gasteiger partial charge in [-0.3, -0.25) is 0 Å². The molecule has 3 atom stereocenters. The molecule has 0 radical (unpaired) electrons. The number of urea groups is 1. The third kappa shape index (κ3) is 4.70. The van der Waals surface area contributed by atoms with Gasteiger partial charge in [0, 0.05) is 13.2 Å².